The molecule has 0 saturated carbocycles. The van der Waals surface area contributed by atoms with Crippen molar-refractivity contribution in [3.8, 4) is 0 Å². The molecular weight excluding hydrogens is 584 g/mol. The molecule has 15 nitrogen and oxygen atoms in total. The van der Waals surface area contributed by atoms with E-state index in [2.05, 4.69) is 25.6 Å². The van der Waals surface area contributed by atoms with E-state index >= 15 is 0 Å². The van der Waals surface area contributed by atoms with Crippen LogP contribution in [0.15, 0.2) is 61.2 Å². The van der Waals surface area contributed by atoms with Crippen molar-refractivity contribution in [2.45, 2.75) is 44.3 Å². The van der Waals surface area contributed by atoms with Crippen molar-refractivity contribution in [3.05, 3.63) is 72.3 Å². The van der Waals surface area contributed by atoms with E-state index in [0.29, 0.717) is 30.0 Å². The van der Waals surface area contributed by atoms with Gasteiger partial charge in [0.15, 0.2) is 23.2 Å². The standard InChI is InChI=1S/C30H34N8O7/c1-17(40)38(29-25-28(33-15-34-29)37(16-35-25)30-27(44)26(43)22(14-39)45-30)21-8-4-19(5-9-21)13-24(42)36-20-6-2-18(3-7-20)12-23(41)32-11-10-31/h2-9,15-16,22,26-27,30,39,43-44H,10-14,31H2,1H3,(H,32,41)(H,36,42)/t22-,26-,27-,30?/m1/s1. The lowest BCUT2D eigenvalue weighted by atomic mass is 10.1. The van der Waals surface area contributed by atoms with Gasteiger partial charge in [0.1, 0.15) is 24.6 Å². The maximum Gasteiger partial charge on any atom is 0.229 e. The van der Waals surface area contributed by atoms with E-state index in [4.69, 9.17) is 10.5 Å². The highest BCUT2D eigenvalue weighted by Gasteiger charge is 2.44. The first kappa shape index (κ1) is 31.6. The van der Waals surface area contributed by atoms with Gasteiger partial charge in [-0.3, -0.25) is 23.9 Å². The molecule has 4 aromatic rings. The van der Waals surface area contributed by atoms with E-state index in [-0.39, 0.29) is 47.5 Å². The molecule has 0 bridgehead atoms. The summed E-state index contributed by atoms with van der Waals surface area (Å²) >= 11 is 0. The predicted octanol–water partition coefficient (Wildman–Crippen LogP) is -0.0790. The number of hydrogen-bond donors (Lipinski definition) is 6. The molecule has 236 valence electrons. The molecular formula is C30H34N8O7. The maximum absolute atomic E-state index is 12.8. The molecule has 0 radical (unpaired) electrons. The van der Waals surface area contributed by atoms with Crippen molar-refractivity contribution < 1.29 is 34.4 Å². The molecule has 5 rings (SSSR count). The number of ether oxygens (including phenoxy) is 1. The Balaban J connectivity index is 1.27. The molecule has 0 spiro atoms. The molecule has 45 heavy (non-hydrogen) atoms. The fourth-order valence-electron chi connectivity index (χ4n) is 5.07. The fourth-order valence-corrected chi connectivity index (χ4v) is 5.07. The zero-order valence-electron chi connectivity index (χ0n) is 24.4. The predicted molar refractivity (Wildman–Crippen MR) is 162 cm³/mol. The molecule has 3 amide bonds. The molecule has 1 aliphatic heterocycles. The zero-order chi connectivity index (χ0) is 32.1. The first-order valence-corrected chi connectivity index (χ1v) is 14.2. The Hall–Kier alpha value is -4.80. The number of anilines is 3. The maximum atomic E-state index is 12.8. The Morgan fingerprint density at radius 1 is 0.956 bits per heavy atom. The number of imidazole rings is 1. The van der Waals surface area contributed by atoms with Gasteiger partial charge in [-0.1, -0.05) is 24.3 Å². The van der Waals surface area contributed by atoms with Crippen LogP contribution in [0, 0.1) is 0 Å². The third-order valence-corrected chi connectivity index (χ3v) is 7.29. The second-order valence-electron chi connectivity index (χ2n) is 10.5. The van der Waals surface area contributed by atoms with Crippen molar-refractivity contribution in [3.63, 3.8) is 0 Å². The largest absolute Gasteiger partial charge is 0.394 e. The van der Waals surface area contributed by atoms with E-state index in [1.165, 1.54) is 29.0 Å². The minimum atomic E-state index is -1.34. The minimum Gasteiger partial charge on any atom is -0.394 e. The summed E-state index contributed by atoms with van der Waals surface area (Å²) in [5.41, 5.74) is 8.47. The normalized spacial score (nSPS) is 19.4. The number of fused-ring (bicyclic) bond motifs is 1. The second-order valence-corrected chi connectivity index (χ2v) is 10.5. The van der Waals surface area contributed by atoms with Crippen LogP contribution in [0.4, 0.5) is 17.2 Å². The molecule has 0 aliphatic carbocycles. The Bertz CT molecular complexity index is 1660. The number of aliphatic hydroxyl groups excluding tert-OH is 3. The van der Waals surface area contributed by atoms with Crippen LogP contribution in [0.25, 0.3) is 11.2 Å². The lowest BCUT2D eigenvalue weighted by Gasteiger charge is -2.21. The van der Waals surface area contributed by atoms with Gasteiger partial charge in [0.25, 0.3) is 0 Å². The Labute approximate surface area is 257 Å². The highest BCUT2D eigenvalue weighted by molar-refractivity contribution is 6.03. The average Bonchev–Trinajstić information content (AvgIpc) is 3.58. The summed E-state index contributed by atoms with van der Waals surface area (Å²) in [6.45, 7) is 1.67. The summed E-state index contributed by atoms with van der Waals surface area (Å²) in [7, 11) is 0. The van der Waals surface area contributed by atoms with Crippen LogP contribution in [-0.4, -0.2) is 90.6 Å². The van der Waals surface area contributed by atoms with Crippen molar-refractivity contribution in [2.24, 2.45) is 5.73 Å². The first-order chi connectivity index (χ1) is 21.7. The topological polar surface area (TPSA) is 218 Å². The molecule has 1 aliphatic rings. The molecule has 4 atom stereocenters. The fraction of sp³-hybridized carbons (Fsp3) is 0.333. The Morgan fingerprint density at radius 3 is 2.24 bits per heavy atom. The smallest absolute Gasteiger partial charge is 0.229 e. The number of nitrogens with zero attached hydrogens (tertiary/aromatic N) is 5. The van der Waals surface area contributed by atoms with E-state index in [9.17, 15) is 29.7 Å². The molecule has 2 aromatic carbocycles. The van der Waals surface area contributed by atoms with Crippen LogP contribution in [0.5, 0.6) is 0 Å². The number of benzene rings is 2. The van der Waals surface area contributed by atoms with Crippen molar-refractivity contribution in [1.29, 1.82) is 0 Å². The second kappa shape index (κ2) is 13.9. The van der Waals surface area contributed by atoms with Crippen molar-refractivity contribution >= 4 is 46.1 Å². The summed E-state index contributed by atoms with van der Waals surface area (Å²) in [5.74, 6) is -0.543. The number of carbonyl (C=O) groups is 3. The summed E-state index contributed by atoms with van der Waals surface area (Å²) in [6, 6.07) is 13.8. The van der Waals surface area contributed by atoms with Gasteiger partial charge in [-0.25, -0.2) is 15.0 Å². The molecule has 2 aromatic heterocycles. The quantitative estimate of drug-likeness (QED) is 0.131. The number of hydrogen-bond acceptors (Lipinski definition) is 11. The number of nitrogens with two attached hydrogens (primary N) is 1. The molecule has 1 unspecified atom stereocenters. The van der Waals surface area contributed by atoms with Crippen LogP contribution in [0.2, 0.25) is 0 Å². The van der Waals surface area contributed by atoms with Gasteiger partial charge >= 0.3 is 0 Å². The van der Waals surface area contributed by atoms with Crippen LogP contribution < -0.4 is 21.3 Å². The van der Waals surface area contributed by atoms with E-state index in [1.54, 1.807) is 48.5 Å². The zero-order valence-corrected chi connectivity index (χ0v) is 24.4. The van der Waals surface area contributed by atoms with Gasteiger partial charge in [-0.2, -0.15) is 0 Å². The molecule has 1 saturated heterocycles. The number of nitrogens with one attached hydrogen (secondary N) is 2. The van der Waals surface area contributed by atoms with Gasteiger partial charge in [0.05, 0.1) is 31.5 Å². The summed E-state index contributed by atoms with van der Waals surface area (Å²) in [5, 5.41) is 35.7. The van der Waals surface area contributed by atoms with Gasteiger partial charge in [-0.15, -0.1) is 0 Å². The highest BCUT2D eigenvalue weighted by Crippen LogP contribution is 2.34. The number of carbonyl (C=O) groups excluding carboxylic acids is 3. The van der Waals surface area contributed by atoms with Gasteiger partial charge in [0.2, 0.25) is 17.7 Å². The molecule has 15 heteroatoms. The van der Waals surface area contributed by atoms with E-state index < -0.39 is 31.1 Å². The lowest BCUT2D eigenvalue weighted by Crippen LogP contribution is -2.33. The number of aliphatic hydroxyl groups is 3. The summed E-state index contributed by atoms with van der Waals surface area (Å²) < 4.78 is 7.03. The molecule has 7 N–H and O–H groups in total. The third-order valence-electron chi connectivity index (χ3n) is 7.29. The highest BCUT2D eigenvalue weighted by atomic mass is 16.6. The monoisotopic (exact) mass is 618 g/mol. The van der Waals surface area contributed by atoms with Gasteiger partial charge in [-0.05, 0) is 35.4 Å². The third kappa shape index (κ3) is 6.97. The van der Waals surface area contributed by atoms with Gasteiger partial charge in [0, 0.05) is 25.7 Å². The molecule has 3 heterocycles. The number of aromatic nitrogens is 4. The number of rotatable bonds is 11. The Morgan fingerprint density at radius 2 is 1.62 bits per heavy atom. The lowest BCUT2D eigenvalue weighted by molar-refractivity contribution is -0.120. The van der Waals surface area contributed by atoms with E-state index in [1.807, 2.05) is 0 Å². The average molecular weight is 619 g/mol. The van der Waals surface area contributed by atoms with Crippen LogP contribution in [0.1, 0.15) is 24.3 Å². The first-order valence-electron chi connectivity index (χ1n) is 14.2. The van der Waals surface area contributed by atoms with Gasteiger partial charge < -0.3 is 36.4 Å². The number of amides is 3. The van der Waals surface area contributed by atoms with E-state index in [0.717, 1.165) is 5.56 Å². The van der Waals surface area contributed by atoms with Crippen molar-refractivity contribution in [1.82, 2.24) is 24.8 Å². The SMILES string of the molecule is CC(=O)N(c1ccc(CC(=O)Nc2ccc(CC(=O)NCCN)cc2)cc1)c1ncnc2c1ncn2C1O[C@H](CO)[C@@H](O)[C@H]1O. The van der Waals surface area contributed by atoms with Crippen molar-refractivity contribution in [2.75, 3.05) is 29.9 Å². The minimum absolute atomic E-state index is 0.0795. The summed E-state index contributed by atoms with van der Waals surface area (Å²) in [4.78, 5) is 51.7. The Kier molecular flexibility index (Phi) is 9.75. The van der Waals surface area contributed by atoms with Crippen LogP contribution >= 0.6 is 0 Å². The summed E-state index contributed by atoms with van der Waals surface area (Å²) in [6.07, 6.45) is -1.79. The van der Waals surface area contributed by atoms with Crippen LogP contribution in [0.3, 0.4) is 0 Å². The van der Waals surface area contributed by atoms with Crippen LogP contribution in [-0.2, 0) is 32.0 Å². The molecule has 1 fully saturated rings.